The monoisotopic (exact) mass is 607 g/mol. The van der Waals surface area contributed by atoms with Crippen molar-refractivity contribution in [3.8, 4) is 0 Å². The van der Waals surface area contributed by atoms with E-state index in [0.29, 0.717) is 7.18 Å². The molecule has 3 heteroatoms. The molecule has 0 saturated carbocycles. The average molecular weight is 607 g/mol. The van der Waals surface area contributed by atoms with Gasteiger partial charge in [0.1, 0.15) is 0 Å². The van der Waals surface area contributed by atoms with Crippen molar-refractivity contribution in [3.05, 3.63) is 101 Å². The Morgan fingerprint density at radius 2 is 1.61 bits per heavy atom. The van der Waals surface area contributed by atoms with Crippen LogP contribution in [0.25, 0.3) is 5.57 Å². The summed E-state index contributed by atoms with van der Waals surface area (Å²) in [6.07, 6.45) is 15.0. The van der Waals surface area contributed by atoms with Crippen LogP contribution in [0.1, 0.15) is 116 Å². The van der Waals surface area contributed by atoms with Gasteiger partial charge in [-0.2, -0.15) is 0 Å². The highest BCUT2D eigenvalue weighted by atomic mass is 19.1. The first kappa shape index (κ1) is 41.5. The first-order valence-electron chi connectivity index (χ1n) is 17.5. The summed E-state index contributed by atoms with van der Waals surface area (Å²) in [7, 11) is 0.500. The van der Waals surface area contributed by atoms with E-state index in [4.69, 9.17) is 0 Å². The third kappa shape index (κ3) is 16.0. The van der Waals surface area contributed by atoms with E-state index in [1.165, 1.54) is 72.2 Å². The van der Waals surface area contributed by atoms with Crippen molar-refractivity contribution in [1.82, 2.24) is 9.80 Å². The molecule has 0 spiro atoms. The highest BCUT2D eigenvalue weighted by molar-refractivity contribution is 5.64. The van der Waals surface area contributed by atoms with Crippen molar-refractivity contribution in [1.29, 1.82) is 0 Å². The largest absolute Gasteiger partial charge is 0.299 e. The van der Waals surface area contributed by atoms with E-state index in [9.17, 15) is 4.39 Å². The topological polar surface area (TPSA) is 6.48 Å². The predicted molar refractivity (Wildman–Crippen MR) is 197 cm³/mol. The fourth-order valence-electron chi connectivity index (χ4n) is 5.71. The first-order valence-corrected chi connectivity index (χ1v) is 17.5. The van der Waals surface area contributed by atoms with E-state index in [0.717, 1.165) is 51.4 Å². The minimum Gasteiger partial charge on any atom is -0.299 e. The lowest BCUT2D eigenvalue weighted by Gasteiger charge is -2.32. The van der Waals surface area contributed by atoms with Crippen LogP contribution < -0.4 is 0 Å². The number of alkyl halides is 1. The molecule has 44 heavy (non-hydrogen) atoms. The molecule has 1 fully saturated rings. The molecule has 0 radical (unpaired) electrons. The summed E-state index contributed by atoms with van der Waals surface area (Å²) in [5.41, 5.74) is 8.55. The van der Waals surface area contributed by atoms with Crippen molar-refractivity contribution in [3.63, 3.8) is 0 Å². The second kappa shape index (κ2) is 26.9. The second-order valence-corrected chi connectivity index (χ2v) is 11.1. The zero-order chi connectivity index (χ0) is 33.2. The van der Waals surface area contributed by atoms with E-state index in [2.05, 4.69) is 111 Å². The van der Waals surface area contributed by atoms with Gasteiger partial charge in [0.05, 0.1) is 7.18 Å². The van der Waals surface area contributed by atoms with Crippen molar-refractivity contribution < 1.29 is 4.39 Å². The Morgan fingerprint density at radius 3 is 2.18 bits per heavy atom. The van der Waals surface area contributed by atoms with Gasteiger partial charge in [0.2, 0.25) is 0 Å². The minimum atomic E-state index is 0.500. The quantitative estimate of drug-likeness (QED) is 0.186. The molecule has 2 nitrogen and oxygen atoms in total. The van der Waals surface area contributed by atoms with Gasteiger partial charge in [0, 0.05) is 19.6 Å². The van der Waals surface area contributed by atoms with E-state index < -0.39 is 0 Å². The Kier molecular flexibility index (Phi) is 25.4. The van der Waals surface area contributed by atoms with Gasteiger partial charge in [-0.1, -0.05) is 121 Å². The van der Waals surface area contributed by atoms with Gasteiger partial charge < -0.3 is 0 Å². The van der Waals surface area contributed by atoms with Crippen LogP contribution in [-0.4, -0.2) is 43.2 Å². The molecule has 0 N–H and O–H groups in total. The molecule has 3 rings (SSSR count). The summed E-state index contributed by atoms with van der Waals surface area (Å²) in [6, 6.07) is 18.0. The maximum atomic E-state index is 9.50. The molecule has 2 aromatic rings. The number of aryl methyl sites for hydroxylation is 1. The Balaban J connectivity index is 0.00000290. The molecule has 0 bridgehead atoms. The summed E-state index contributed by atoms with van der Waals surface area (Å²) in [6.45, 7) is 28.2. The van der Waals surface area contributed by atoms with E-state index in [1.54, 1.807) is 0 Å². The molecule has 2 aromatic carbocycles. The Bertz CT molecular complexity index is 1030. The zero-order valence-corrected chi connectivity index (χ0v) is 30.1. The number of halogens is 1. The first-order chi connectivity index (χ1) is 21.6. The molecule has 0 amide bonds. The third-order valence-electron chi connectivity index (χ3n) is 8.14. The highest BCUT2D eigenvalue weighted by Crippen LogP contribution is 2.29. The van der Waals surface area contributed by atoms with E-state index in [1.807, 2.05) is 27.7 Å². The van der Waals surface area contributed by atoms with E-state index in [-0.39, 0.29) is 0 Å². The molecule has 1 aliphatic heterocycles. The maximum absolute atomic E-state index is 9.50. The van der Waals surface area contributed by atoms with Crippen LogP contribution in [-0.2, 0) is 19.5 Å². The van der Waals surface area contributed by atoms with Crippen LogP contribution >= 0.6 is 0 Å². The smallest absolute Gasteiger partial charge is 0.0785 e. The molecule has 0 atom stereocenters. The average Bonchev–Trinajstić information content (AvgIpc) is 3.09. The number of hydrogen-bond donors (Lipinski definition) is 0. The minimum absolute atomic E-state index is 0.500. The second-order valence-electron chi connectivity index (χ2n) is 11.1. The Hall–Kier alpha value is -2.49. The predicted octanol–water partition coefficient (Wildman–Crippen LogP) is 11.7. The van der Waals surface area contributed by atoms with Gasteiger partial charge in [-0.05, 0) is 111 Å². The summed E-state index contributed by atoms with van der Waals surface area (Å²) >= 11 is 0. The molecular formula is C41H67FN2. The van der Waals surface area contributed by atoms with Crippen LogP contribution in [0.15, 0.2) is 78.9 Å². The van der Waals surface area contributed by atoms with E-state index >= 15 is 0 Å². The molecule has 0 aromatic heterocycles. The standard InChI is InChI=1S/C36H52N2.2C2H6.CH3F/c1-6-10-14-31(8-3)27-38(23-7-2)29-36-26-35(20-19-34(36)9-4)30(5)17-18-32-21-24-37(25-22-32)28-33-15-12-11-13-16-33;3*1-2/h6,10-16,19-20,26,32H,5,7-9,17-18,21-25,27-29H2,1-4H3;2*1-2H3;1H3/b10-6-,31-14+;;;. The summed E-state index contributed by atoms with van der Waals surface area (Å²) in [5, 5.41) is 0. The molecule has 0 aliphatic carbocycles. The van der Waals surface area contributed by atoms with Gasteiger partial charge in [0.15, 0.2) is 0 Å². The molecule has 0 unspecified atom stereocenters. The number of hydrogen-bond acceptors (Lipinski definition) is 2. The molecule has 1 aliphatic rings. The fourth-order valence-corrected chi connectivity index (χ4v) is 5.71. The number of nitrogens with zero attached hydrogens (tertiary/aromatic N) is 2. The van der Waals surface area contributed by atoms with Gasteiger partial charge in [0.25, 0.3) is 0 Å². The van der Waals surface area contributed by atoms with Gasteiger partial charge in [-0.15, -0.1) is 0 Å². The van der Waals surface area contributed by atoms with Crippen LogP contribution in [0.5, 0.6) is 0 Å². The summed E-state index contributed by atoms with van der Waals surface area (Å²) in [5.74, 6) is 0.824. The lowest BCUT2D eigenvalue weighted by Crippen LogP contribution is -2.33. The normalized spacial score (nSPS) is 13.8. The van der Waals surface area contributed by atoms with Crippen molar-refractivity contribution in [2.24, 2.45) is 5.92 Å². The molecule has 248 valence electrons. The van der Waals surface area contributed by atoms with Gasteiger partial charge >= 0.3 is 0 Å². The molecule has 1 heterocycles. The van der Waals surface area contributed by atoms with Gasteiger partial charge in [-0.25, -0.2) is 0 Å². The summed E-state index contributed by atoms with van der Waals surface area (Å²) in [4.78, 5) is 5.25. The fraction of sp³-hybridized carbons (Fsp3) is 0.561. The van der Waals surface area contributed by atoms with Gasteiger partial charge in [-0.3, -0.25) is 14.2 Å². The zero-order valence-electron chi connectivity index (χ0n) is 30.1. The van der Waals surface area contributed by atoms with Crippen molar-refractivity contribution in [2.75, 3.05) is 33.4 Å². The van der Waals surface area contributed by atoms with Crippen LogP contribution in [0.3, 0.4) is 0 Å². The van der Waals surface area contributed by atoms with Crippen molar-refractivity contribution in [2.45, 2.75) is 113 Å². The number of rotatable bonds is 15. The van der Waals surface area contributed by atoms with Crippen LogP contribution in [0.2, 0.25) is 0 Å². The van der Waals surface area contributed by atoms with Crippen LogP contribution in [0, 0.1) is 5.92 Å². The number of allylic oxidation sites excluding steroid dienone is 4. The Labute approximate surface area is 273 Å². The molecule has 1 saturated heterocycles. The van der Waals surface area contributed by atoms with Crippen molar-refractivity contribution >= 4 is 5.57 Å². The number of likely N-dealkylation sites (tertiary alicyclic amines) is 1. The Morgan fingerprint density at radius 1 is 0.955 bits per heavy atom. The lowest BCUT2D eigenvalue weighted by molar-refractivity contribution is 0.173. The maximum Gasteiger partial charge on any atom is 0.0785 e. The number of piperidine rings is 1. The summed E-state index contributed by atoms with van der Waals surface area (Å²) < 4.78 is 9.50. The molecular weight excluding hydrogens is 539 g/mol. The SMILES string of the molecule is C=C(CCC1CCN(Cc2ccccc2)CC1)c1ccc(CC)c(CN(CCC)C/C(=C/C=C\C)CC)c1.CC.CC.CF. The highest BCUT2D eigenvalue weighted by Gasteiger charge is 2.20. The third-order valence-corrected chi connectivity index (χ3v) is 8.14. The number of benzene rings is 2. The lowest BCUT2D eigenvalue weighted by atomic mass is 9.88. The van der Waals surface area contributed by atoms with Crippen LogP contribution in [0.4, 0.5) is 4.39 Å².